The molecular formula is C12H25Br2P. The van der Waals surface area contributed by atoms with E-state index in [0.717, 1.165) is 5.92 Å². The summed E-state index contributed by atoms with van der Waals surface area (Å²) in [5, 5.41) is -0.0131. The van der Waals surface area contributed by atoms with E-state index >= 15 is 0 Å². The highest BCUT2D eigenvalue weighted by atomic mass is 79.9. The third-order valence-corrected chi connectivity index (χ3v) is 5.39. The molecule has 0 amide bonds. The normalized spacial score (nSPS) is 11.6. The smallest absolute Gasteiger partial charge is 0.0346 e. The largest absolute Gasteiger partial charge is 0.0628 e. The average Bonchev–Trinajstić information content (AvgIpc) is 2.14. The maximum absolute atomic E-state index is 3.57. The van der Waals surface area contributed by atoms with Gasteiger partial charge < -0.3 is 0 Å². The van der Waals surface area contributed by atoms with Gasteiger partial charge in [0.1, 0.15) is 0 Å². The van der Waals surface area contributed by atoms with Crippen LogP contribution in [0.5, 0.6) is 0 Å². The predicted octanol–water partition coefficient (Wildman–Crippen LogP) is 6.86. The second kappa shape index (κ2) is 11.9. The molecule has 0 saturated carbocycles. The van der Waals surface area contributed by atoms with Gasteiger partial charge >= 0.3 is 0 Å². The molecule has 0 unspecified atom stereocenters. The molecule has 92 valence electrons. The molecule has 0 aromatic rings. The molecule has 0 aliphatic heterocycles. The van der Waals surface area contributed by atoms with E-state index < -0.39 is 0 Å². The van der Waals surface area contributed by atoms with E-state index in [9.17, 15) is 0 Å². The highest BCUT2D eigenvalue weighted by Crippen LogP contribution is 2.52. The molecule has 0 atom stereocenters. The van der Waals surface area contributed by atoms with Crippen molar-refractivity contribution in [2.24, 2.45) is 5.92 Å². The highest BCUT2D eigenvalue weighted by molar-refractivity contribution is 9.69. The third-order valence-electron chi connectivity index (χ3n) is 2.61. The lowest BCUT2D eigenvalue weighted by Gasteiger charge is -2.04. The summed E-state index contributed by atoms with van der Waals surface area (Å²) in [4.78, 5) is 0. The minimum Gasteiger partial charge on any atom is -0.0628 e. The van der Waals surface area contributed by atoms with Crippen LogP contribution in [0.3, 0.4) is 0 Å². The molecule has 0 spiro atoms. The van der Waals surface area contributed by atoms with E-state index in [-0.39, 0.29) is 5.33 Å². The Morgan fingerprint density at radius 1 is 0.800 bits per heavy atom. The summed E-state index contributed by atoms with van der Waals surface area (Å²) < 4.78 is 0. The Balaban J connectivity index is 2.93. The summed E-state index contributed by atoms with van der Waals surface area (Å²) in [5.74, 6) is 0.891. The van der Waals surface area contributed by atoms with E-state index in [0.29, 0.717) is 0 Å². The van der Waals surface area contributed by atoms with Crippen LogP contribution >= 0.6 is 36.3 Å². The molecule has 0 fully saturated rings. The van der Waals surface area contributed by atoms with Gasteiger partial charge in [-0.1, -0.05) is 58.8 Å². The fourth-order valence-corrected chi connectivity index (χ4v) is 3.64. The average molecular weight is 360 g/mol. The Hall–Kier alpha value is 1.39. The lowest BCUT2D eigenvalue weighted by Crippen LogP contribution is -1.87. The SMILES string of the molecule is CC(C)CCCCCCCCCP(Br)Br. The van der Waals surface area contributed by atoms with Crippen LogP contribution in [0.25, 0.3) is 0 Å². The van der Waals surface area contributed by atoms with Crippen molar-refractivity contribution in [2.75, 3.05) is 6.16 Å². The summed E-state index contributed by atoms with van der Waals surface area (Å²) in [6, 6.07) is 0. The first-order valence-corrected chi connectivity index (χ1v) is 11.8. The first kappa shape index (κ1) is 16.4. The Morgan fingerprint density at radius 3 is 1.73 bits per heavy atom. The first-order valence-electron chi connectivity index (χ1n) is 6.22. The van der Waals surface area contributed by atoms with E-state index in [4.69, 9.17) is 0 Å². The molecular weight excluding hydrogens is 335 g/mol. The van der Waals surface area contributed by atoms with Crippen molar-refractivity contribution < 1.29 is 0 Å². The summed E-state index contributed by atoms with van der Waals surface area (Å²) in [7, 11) is 0. The second-order valence-corrected chi connectivity index (χ2v) is 13.7. The molecule has 3 heteroatoms. The summed E-state index contributed by atoms with van der Waals surface area (Å²) in [6.07, 6.45) is 12.7. The van der Waals surface area contributed by atoms with Crippen molar-refractivity contribution in [3.8, 4) is 0 Å². The van der Waals surface area contributed by atoms with Crippen molar-refractivity contribution in [1.82, 2.24) is 0 Å². The molecule has 0 aliphatic rings. The minimum absolute atomic E-state index is 0.0131. The molecule has 0 heterocycles. The van der Waals surface area contributed by atoms with Crippen LogP contribution in [0.1, 0.15) is 65.2 Å². The number of hydrogen-bond donors (Lipinski definition) is 0. The fourth-order valence-electron chi connectivity index (χ4n) is 1.67. The Bertz CT molecular complexity index is 113. The standard InChI is InChI=1S/C12H25Br2P/c1-12(2)10-8-6-4-3-5-7-9-11-15(13)14/h12H,3-11H2,1-2H3. The van der Waals surface area contributed by atoms with Crippen LogP contribution in [0.15, 0.2) is 0 Å². The van der Waals surface area contributed by atoms with Gasteiger partial charge in [-0.25, -0.2) is 0 Å². The second-order valence-electron chi connectivity index (χ2n) is 4.68. The zero-order valence-corrected chi connectivity index (χ0v) is 14.2. The summed E-state index contributed by atoms with van der Waals surface area (Å²) in [5.41, 5.74) is 0. The zero-order chi connectivity index (χ0) is 11.5. The molecule has 0 N–H and O–H groups in total. The van der Waals surface area contributed by atoms with Crippen LogP contribution in [0.4, 0.5) is 0 Å². The van der Waals surface area contributed by atoms with E-state index in [1.807, 2.05) is 0 Å². The molecule has 0 aromatic carbocycles. The van der Waals surface area contributed by atoms with Gasteiger partial charge in [-0.15, -0.1) is 0 Å². The molecule has 15 heavy (non-hydrogen) atoms. The lowest BCUT2D eigenvalue weighted by molar-refractivity contribution is 0.511. The number of unbranched alkanes of at least 4 members (excludes halogenated alkanes) is 6. The first-order chi connectivity index (χ1) is 7.13. The van der Waals surface area contributed by atoms with Crippen molar-refractivity contribution in [2.45, 2.75) is 65.2 Å². The topological polar surface area (TPSA) is 0 Å². The van der Waals surface area contributed by atoms with Gasteiger partial charge in [0.25, 0.3) is 0 Å². The number of hydrogen-bond acceptors (Lipinski definition) is 0. The maximum Gasteiger partial charge on any atom is 0.0346 e. The maximum atomic E-state index is 3.57. The van der Waals surface area contributed by atoms with Gasteiger partial charge in [0, 0.05) is 5.33 Å². The van der Waals surface area contributed by atoms with E-state index in [1.54, 1.807) is 0 Å². The van der Waals surface area contributed by atoms with Crippen LogP contribution in [0.2, 0.25) is 0 Å². The van der Waals surface area contributed by atoms with E-state index in [1.165, 1.54) is 57.5 Å². The van der Waals surface area contributed by atoms with Crippen LogP contribution in [-0.4, -0.2) is 6.16 Å². The molecule has 0 radical (unpaired) electrons. The molecule has 0 saturated heterocycles. The summed E-state index contributed by atoms with van der Waals surface area (Å²) >= 11 is 7.15. The minimum atomic E-state index is -0.0131. The molecule has 0 bridgehead atoms. The van der Waals surface area contributed by atoms with Crippen molar-refractivity contribution in [3.63, 3.8) is 0 Å². The summed E-state index contributed by atoms with van der Waals surface area (Å²) in [6.45, 7) is 4.64. The molecule has 0 aliphatic carbocycles. The zero-order valence-electron chi connectivity index (χ0n) is 10.1. The quantitative estimate of drug-likeness (QED) is 0.295. The van der Waals surface area contributed by atoms with Gasteiger partial charge in [0.2, 0.25) is 0 Å². The predicted molar refractivity (Wildman–Crippen MR) is 81.4 cm³/mol. The number of rotatable bonds is 10. The fraction of sp³-hybridized carbons (Fsp3) is 1.00. The van der Waals surface area contributed by atoms with Gasteiger partial charge in [-0.2, -0.15) is 0 Å². The molecule has 0 nitrogen and oxygen atoms in total. The Labute approximate surface area is 113 Å². The van der Waals surface area contributed by atoms with Crippen molar-refractivity contribution in [3.05, 3.63) is 0 Å². The third kappa shape index (κ3) is 15.4. The van der Waals surface area contributed by atoms with Crippen LogP contribution in [0, 0.1) is 5.92 Å². The van der Waals surface area contributed by atoms with Crippen LogP contribution < -0.4 is 0 Å². The molecule has 0 aromatic heterocycles. The van der Waals surface area contributed by atoms with E-state index in [2.05, 4.69) is 44.8 Å². The monoisotopic (exact) mass is 358 g/mol. The Kier molecular flexibility index (Phi) is 13.0. The number of halogens is 2. The lowest BCUT2D eigenvalue weighted by atomic mass is 10.0. The molecule has 0 rings (SSSR count). The van der Waals surface area contributed by atoms with Gasteiger partial charge in [-0.3, -0.25) is 0 Å². The van der Waals surface area contributed by atoms with Crippen molar-refractivity contribution >= 4 is 36.3 Å². The van der Waals surface area contributed by atoms with Gasteiger partial charge in [0.15, 0.2) is 0 Å². The van der Waals surface area contributed by atoms with Gasteiger partial charge in [0.05, 0.1) is 0 Å². The van der Waals surface area contributed by atoms with Crippen LogP contribution in [-0.2, 0) is 0 Å². The highest BCUT2D eigenvalue weighted by Gasteiger charge is 1.97. The van der Waals surface area contributed by atoms with Gasteiger partial charge in [-0.05, 0) is 49.5 Å². The Morgan fingerprint density at radius 2 is 1.27 bits per heavy atom. The van der Waals surface area contributed by atoms with Crippen molar-refractivity contribution in [1.29, 1.82) is 0 Å².